The van der Waals surface area contributed by atoms with Gasteiger partial charge in [0.2, 0.25) is 5.91 Å². The van der Waals surface area contributed by atoms with Crippen LogP contribution < -0.4 is 18.9 Å². The van der Waals surface area contributed by atoms with E-state index in [0.29, 0.717) is 31.9 Å². The first-order valence-electron chi connectivity index (χ1n) is 25.7. The third-order valence-corrected chi connectivity index (χ3v) is 17.4. The number of hydrogen-bond acceptors (Lipinski definition) is 16. The number of benzene rings is 6. The molecule has 0 radical (unpaired) electrons. The summed E-state index contributed by atoms with van der Waals surface area (Å²) in [5.74, 6) is 6.84. The maximum absolute atomic E-state index is 12.0. The molecule has 0 saturated heterocycles. The van der Waals surface area contributed by atoms with E-state index in [4.69, 9.17) is 28.8 Å². The van der Waals surface area contributed by atoms with Crippen molar-refractivity contribution in [2.75, 3.05) is 90.8 Å². The number of amides is 2. The molecule has 14 nitrogen and oxygen atoms in total. The first kappa shape index (κ1) is 70.3. The zero-order valence-electron chi connectivity index (χ0n) is 45.0. The van der Waals surface area contributed by atoms with E-state index >= 15 is 0 Å². The van der Waals surface area contributed by atoms with Crippen molar-refractivity contribution in [2.24, 2.45) is 0 Å². The Kier molecular flexibility index (Phi) is 31.3. The van der Waals surface area contributed by atoms with Crippen LogP contribution in [0.4, 0.5) is 0 Å². The first-order chi connectivity index (χ1) is 37.9. The lowest BCUT2D eigenvalue weighted by Gasteiger charge is -2.20. The summed E-state index contributed by atoms with van der Waals surface area (Å²) < 4.78 is 25.8. The minimum atomic E-state index is -0.440. The number of carbonyl (C=O) groups excluding carboxylic acids is 3. The Hall–Kier alpha value is -5.99. The van der Waals surface area contributed by atoms with Crippen molar-refractivity contribution in [1.29, 1.82) is 0 Å². The fourth-order valence-electron chi connectivity index (χ4n) is 8.85. The van der Waals surface area contributed by atoms with E-state index < -0.39 is 12.6 Å². The average molecular weight is 1200 g/mol. The fourth-order valence-corrected chi connectivity index (χ4v) is 12.9. The molecule has 4 aliphatic rings. The van der Waals surface area contributed by atoms with Crippen molar-refractivity contribution >= 4 is 64.8 Å². The highest BCUT2D eigenvalue weighted by atomic mass is 32.2. The predicted octanol–water partition coefficient (Wildman–Crippen LogP) is 12.7. The van der Waals surface area contributed by atoms with E-state index in [2.05, 4.69) is 70.5 Å². The highest BCUT2D eigenvalue weighted by Crippen LogP contribution is 2.34. The monoisotopic (exact) mass is 1200 g/mol. The largest absolute Gasteiger partial charge is 0.508 e. The van der Waals surface area contributed by atoms with Crippen molar-refractivity contribution in [2.45, 2.75) is 95.5 Å². The number of methoxy groups -OCH3 is 4. The number of carbonyl (C=O) groups is 3. The summed E-state index contributed by atoms with van der Waals surface area (Å²) in [5.41, 5.74) is 7.45. The maximum atomic E-state index is 12.0. The van der Waals surface area contributed by atoms with E-state index in [9.17, 15) is 19.5 Å². The number of nitrogens with zero attached hydrogens (tertiary/aromatic N) is 4. The molecular weight excluding hydrogens is 1110 g/mol. The second-order valence-electron chi connectivity index (χ2n) is 18.4. The smallest absolute Gasteiger partial charge is 0.303 e. The van der Waals surface area contributed by atoms with Gasteiger partial charge in [-0.25, -0.2) is 0 Å². The van der Waals surface area contributed by atoms with Crippen LogP contribution in [0.1, 0.15) is 70.0 Å². The molecule has 82 heavy (non-hydrogen) atoms. The van der Waals surface area contributed by atoms with Crippen molar-refractivity contribution in [3.05, 3.63) is 161 Å². The lowest BCUT2D eigenvalue weighted by atomic mass is 10.1. The average Bonchev–Trinajstić information content (AvgIpc) is 3.99. The van der Waals surface area contributed by atoms with E-state index in [1.807, 2.05) is 78.1 Å². The summed E-state index contributed by atoms with van der Waals surface area (Å²) in [5, 5.41) is 18.3. The van der Waals surface area contributed by atoms with Crippen molar-refractivity contribution in [3.8, 4) is 28.7 Å². The number of phenols is 1. The minimum absolute atomic E-state index is 0. The number of thioether (sulfide) groups is 4. The number of hydrogen-bond donors (Lipinski definition) is 2. The molecule has 0 atom stereocenters. The van der Waals surface area contributed by atoms with Crippen molar-refractivity contribution < 1.29 is 48.3 Å². The molecular formula is C64H86N4O10S4. The Balaban J connectivity index is 0.000000283. The molecule has 4 aliphatic heterocycles. The molecule has 2 N–H and O–H groups in total. The van der Waals surface area contributed by atoms with E-state index in [1.54, 1.807) is 73.9 Å². The standard InChI is InChI=1S/C17H19NO2S.C17H19NOS.C14H17NO4S.C12H15NO3S.4CH4/c1-20-16-6-7-17-14(10-16)12-18(8-9-21-17)11-13-2-4-15(19)5-3-13;1-19-16-7-8-17-15(11-16)13-18(9-10-20-17)12-14-5-3-2-4-6-14;1-10(16)19-9-14(17)15-5-6-20-13-4-3-12(18-2)7-11(13)8-15;1-16-10-2-3-11-9(6-10)7-13(4-5-17-11)12(15)8-14;;;;/h2-7,10,19H,8-9,11-12H2,1H3;2-8,11H,9-10,12-13H2,1H3;3-4,7H,5-6,8-9H2,1-2H3;2-3,6,14H,4-5,7-8H2,1H3;4*1H4. The molecule has 446 valence electrons. The third-order valence-electron chi connectivity index (χ3n) is 13.0. The van der Waals surface area contributed by atoms with Crippen LogP contribution in [0.15, 0.2) is 147 Å². The van der Waals surface area contributed by atoms with E-state index in [1.165, 1.54) is 43.9 Å². The van der Waals surface area contributed by atoms with Gasteiger partial charge in [-0.1, -0.05) is 72.2 Å². The minimum Gasteiger partial charge on any atom is -0.508 e. The number of aromatic hydroxyl groups is 1. The van der Waals surface area contributed by atoms with Gasteiger partial charge in [0.05, 0.1) is 28.4 Å². The number of ether oxygens (including phenoxy) is 5. The summed E-state index contributed by atoms with van der Waals surface area (Å²) in [6, 6.07) is 42.7. The molecule has 0 aliphatic carbocycles. The van der Waals surface area contributed by atoms with Gasteiger partial charge in [0, 0.05) is 115 Å². The van der Waals surface area contributed by atoms with Crippen LogP contribution in [-0.4, -0.2) is 138 Å². The summed E-state index contributed by atoms with van der Waals surface area (Å²) >= 11 is 7.30. The fraction of sp³-hybridized carbons (Fsp3) is 0.391. The number of aliphatic hydroxyl groups is 1. The van der Waals surface area contributed by atoms with Gasteiger partial charge in [0.1, 0.15) is 35.4 Å². The van der Waals surface area contributed by atoms with Crippen LogP contribution >= 0.6 is 47.0 Å². The summed E-state index contributed by atoms with van der Waals surface area (Å²) in [7, 11) is 6.69. The van der Waals surface area contributed by atoms with Gasteiger partial charge < -0.3 is 43.7 Å². The van der Waals surface area contributed by atoms with Crippen LogP contribution in [0.3, 0.4) is 0 Å². The number of rotatable bonds is 11. The Labute approximate surface area is 505 Å². The molecule has 2 amide bonds. The first-order valence-corrected chi connectivity index (χ1v) is 29.6. The quantitative estimate of drug-likeness (QED) is 0.118. The van der Waals surface area contributed by atoms with Crippen LogP contribution in [0, 0.1) is 0 Å². The van der Waals surface area contributed by atoms with E-state index in [0.717, 1.165) is 101 Å². The van der Waals surface area contributed by atoms with E-state index in [-0.39, 0.29) is 48.1 Å². The lowest BCUT2D eigenvalue weighted by Crippen LogP contribution is -2.35. The SMILES string of the molecule is C.C.C.C.COc1ccc2c(c1)CN(C(=O)CO)CCS2.COc1ccc2c(c1)CN(C(=O)COC(C)=O)CCS2.COc1ccc2c(c1)CN(Cc1ccc(O)cc1)CCS2.COc1ccc2c(c1)CN(Cc1ccccc1)CCS2. The van der Waals surface area contributed by atoms with Gasteiger partial charge in [-0.2, -0.15) is 0 Å². The zero-order chi connectivity index (χ0) is 55.2. The van der Waals surface area contributed by atoms with Crippen molar-refractivity contribution in [3.63, 3.8) is 0 Å². The molecule has 6 aromatic rings. The topological polar surface area (TPSA) is 151 Å². The second-order valence-corrected chi connectivity index (χ2v) is 23.0. The Morgan fingerprint density at radius 3 is 1.18 bits per heavy atom. The van der Waals surface area contributed by atoms with Crippen LogP contribution in [0.5, 0.6) is 28.7 Å². The van der Waals surface area contributed by atoms with Crippen molar-refractivity contribution in [1.82, 2.24) is 19.6 Å². The van der Waals surface area contributed by atoms with Gasteiger partial charge in [-0.05, 0) is 118 Å². The number of esters is 1. The normalized spacial score (nSPS) is 14.3. The summed E-state index contributed by atoms with van der Waals surface area (Å²) in [6.07, 6.45) is 0. The van der Waals surface area contributed by atoms with Gasteiger partial charge in [0.15, 0.2) is 6.61 Å². The molecule has 0 spiro atoms. The number of fused-ring (bicyclic) bond motifs is 4. The lowest BCUT2D eigenvalue weighted by molar-refractivity contribution is -0.150. The molecule has 4 heterocycles. The highest BCUT2D eigenvalue weighted by molar-refractivity contribution is 8.00. The highest BCUT2D eigenvalue weighted by Gasteiger charge is 2.22. The third kappa shape index (κ3) is 21.6. The zero-order valence-corrected chi connectivity index (χ0v) is 48.3. The van der Waals surface area contributed by atoms with Gasteiger partial charge in [0.25, 0.3) is 5.91 Å². The van der Waals surface area contributed by atoms with Crippen LogP contribution in [-0.2, 0) is 58.4 Å². The predicted molar refractivity (Wildman–Crippen MR) is 339 cm³/mol. The Morgan fingerprint density at radius 2 is 0.817 bits per heavy atom. The van der Waals surface area contributed by atoms with Gasteiger partial charge in [-0.15, -0.1) is 47.0 Å². The van der Waals surface area contributed by atoms with Crippen LogP contribution in [0.25, 0.3) is 0 Å². The van der Waals surface area contributed by atoms with Gasteiger partial charge in [-0.3, -0.25) is 24.2 Å². The molecule has 0 unspecified atom stereocenters. The Morgan fingerprint density at radius 1 is 0.463 bits per heavy atom. The Bertz CT molecular complexity index is 2900. The summed E-state index contributed by atoms with van der Waals surface area (Å²) in [6.45, 7) is 9.06. The van der Waals surface area contributed by atoms with Crippen LogP contribution in [0.2, 0.25) is 0 Å². The molecule has 6 aromatic carbocycles. The molecule has 0 aromatic heterocycles. The molecule has 0 bridgehead atoms. The molecule has 0 saturated carbocycles. The molecule has 0 fully saturated rings. The number of aliphatic hydroxyl groups excluding tert-OH is 1. The van der Waals surface area contributed by atoms with Gasteiger partial charge >= 0.3 is 5.97 Å². The second kappa shape index (κ2) is 36.6. The molecule has 10 rings (SSSR count). The molecule has 18 heteroatoms. The summed E-state index contributed by atoms with van der Waals surface area (Å²) in [4.78, 5) is 47.7. The number of phenolic OH excluding ortho intramolecular Hbond substituents is 1. The maximum Gasteiger partial charge on any atom is 0.303 e.